The Morgan fingerprint density at radius 1 is 0.917 bits per heavy atom. The molecule has 7 nitrogen and oxygen atoms in total. The lowest BCUT2D eigenvalue weighted by Crippen LogP contribution is -2.22. The molecule has 0 saturated heterocycles. The first kappa shape index (κ1) is 24.0. The maximum absolute atomic E-state index is 13.1. The van der Waals surface area contributed by atoms with Gasteiger partial charge in [-0.25, -0.2) is 0 Å². The minimum Gasteiger partial charge on any atom is -0.378 e. The van der Waals surface area contributed by atoms with Crippen molar-refractivity contribution in [3.63, 3.8) is 0 Å². The molecule has 36 heavy (non-hydrogen) atoms. The number of carbonyl (C=O) groups excluding carboxylic acids is 1. The molecule has 1 aliphatic carbocycles. The van der Waals surface area contributed by atoms with Gasteiger partial charge in [-0.2, -0.15) is 0 Å². The Hall–Kier alpha value is -3.69. The highest BCUT2D eigenvalue weighted by atomic mass is 32.1. The van der Waals surface area contributed by atoms with Crippen LogP contribution in [0.25, 0.3) is 5.69 Å². The molecule has 4 aromatic rings. The SMILES string of the molecule is CN(C)c1ccc(C2CC2N(C)c2cccc(C(=O)Nc3cccc(-n4c(=S)[nH][nH]c4=S)c3)c2)cc1. The van der Waals surface area contributed by atoms with Gasteiger partial charge in [0.25, 0.3) is 5.91 Å². The first-order valence-electron chi connectivity index (χ1n) is 11.7. The Morgan fingerprint density at radius 3 is 2.31 bits per heavy atom. The number of hydrogen-bond acceptors (Lipinski definition) is 5. The van der Waals surface area contributed by atoms with Gasteiger partial charge >= 0.3 is 0 Å². The fourth-order valence-electron chi connectivity index (χ4n) is 4.52. The highest BCUT2D eigenvalue weighted by Crippen LogP contribution is 2.46. The fraction of sp³-hybridized carbons (Fsp3) is 0.222. The van der Waals surface area contributed by atoms with E-state index >= 15 is 0 Å². The maximum Gasteiger partial charge on any atom is 0.255 e. The molecule has 1 aliphatic rings. The Kier molecular flexibility index (Phi) is 6.51. The van der Waals surface area contributed by atoms with E-state index in [0.717, 1.165) is 17.8 Å². The molecule has 2 atom stereocenters. The van der Waals surface area contributed by atoms with Gasteiger partial charge in [0, 0.05) is 55.7 Å². The number of nitrogens with zero attached hydrogens (tertiary/aromatic N) is 3. The lowest BCUT2D eigenvalue weighted by Gasteiger charge is -2.21. The maximum atomic E-state index is 13.1. The van der Waals surface area contributed by atoms with Crippen LogP contribution in [0.5, 0.6) is 0 Å². The van der Waals surface area contributed by atoms with E-state index in [2.05, 4.69) is 76.8 Å². The molecular formula is C27H28N6OS2. The van der Waals surface area contributed by atoms with Crippen molar-refractivity contribution in [1.82, 2.24) is 14.8 Å². The predicted molar refractivity (Wildman–Crippen MR) is 151 cm³/mol. The van der Waals surface area contributed by atoms with Gasteiger partial charge in [-0.1, -0.05) is 24.3 Å². The number of likely N-dealkylation sites (N-methyl/N-ethyl adjacent to an activating group) is 1. The van der Waals surface area contributed by atoms with E-state index in [9.17, 15) is 4.79 Å². The molecule has 9 heteroatoms. The second-order valence-corrected chi connectivity index (χ2v) is 10.0. The van der Waals surface area contributed by atoms with Crippen molar-refractivity contribution < 1.29 is 4.79 Å². The van der Waals surface area contributed by atoms with E-state index < -0.39 is 0 Å². The van der Waals surface area contributed by atoms with Crippen molar-refractivity contribution in [2.75, 3.05) is 36.3 Å². The predicted octanol–water partition coefficient (Wildman–Crippen LogP) is 5.90. The van der Waals surface area contributed by atoms with Gasteiger partial charge in [0.15, 0.2) is 9.54 Å². The molecule has 5 rings (SSSR count). The third-order valence-electron chi connectivity index (χ3n) is 6.65. The minimum absolute atomic E-state index is 0.170. The van der Waals surface area contributed by atoms with Crippen LogP contribution < -0.4 is 15.1 Å². The number of benzene rings is 3. The average Bonchev–Trinajstić information content (AvgIpc) is 3.61. The van der Waals surface area contributed by atoms with Gasteiger partial charge in [0.05, 0.1) is 5.69 Å². The second kappa shape index (κ2) is 9.75. The number of anilines is 3. The summed E-state index contributed by atoms with van der Waals surface area (Å²) in [6.07, 6.45) is 1.10. The molecular weight excluding hydrogens is 488 g/mol. The van der Waals surface area contributed by atoms with Crippen LogP contribution in [0.4, 0.5) is 17.1 Å². The summed E-state index contributed by atoms with van der Waals surface area (Å²) in [5, 5.41) is 8.65. The molecule has 0 bridgehead atoms. The number of aromatic nitrogens is 3. The molecule has 3 N–H and O–H groups in total. The molecule has 2 unspecified atom stereocenters. The highest BCUT2D eigenvalue weighted by Gasteiger charge is 2.41. The van der Waals surface area contributed by atoms with Gasteiger partial charge in [-0.15, -0.1) is 0 Å². The molecule has 1 saturated carbocycles. The van der Waals surface area contributed by atoms with Crippen molar-refractivity contribution >= 4 is 47.4 Å². The van der Waals surface area contributed by atoms with E-state index in [1.807, 2.05) is 42.5 Å². The number of H-pyrrole nitrogens is 2. The van der Waals surface area contributed by atoms with Crippen LogP contribution in [0.2, 0.25) is 0 Å². The zero-order chi connectivity index (χ0) is 25.4. The minimum atomic E-state index is -0.170. The number of hydrogen-bond donors (Lipinski definition) is 3. The molecule has 1 fully saturated rings. The summed E-state index contributed by atoms with van der Waals surface area (Å²) in [4.78, 5) is 17.5. The summed E-state index contributed by atoms with van der Waals surface area (Å²) in [5.74, 6) is 0.329. The van der Waals surface area contributed by atoms with Crippen LogP contribution in [0.1, 0.15) is 28.3 Å². The summed E-state index contributed by atoms with van der Waals surface area (Å²) in [7, 11) is 6.20. The van der Waals surface area contributed by atoms with Crippen molar-refractivity contribution in [3.8, 4) is 5.69 Å². The number of carbonyl (C=O) groups is 1. The standard InChI is InChI=1S/C27H28N6OS2/c1-31(2)20-12-10-17(11-13-20)23-16-24(23)32(3)21-8-4-6-18(14-21)25(34)28-19-7-5-9-22(15-19)33-26(35)29-30-27(33)36/h4-15,23-24H,16H2,1-3H3,(H,28,34)(H,29,35)(H,30,36). The average molecular weight is 517 g/mol. The monoisotopic (exact) mass is 516 g/mol. The summed E-state index contributed by atoms with van der Waals surface area (Å²) in [6, 6.07) is 24.4. The molecule has 0 radical (unpaired) electrons. The second-order valence-electron chi connectivity index (χ2n) is 9.26. The van der Waals surface area contributed by atoms with Gasteiger partial charge in [0.1, 0.15) is 0 Å². The first-order valence-corrected chi connectivity index (χ1v) is 12.5. The molecule has 3 aromatic carbocycles. The van der Waals surface area contributed by atoms with Crippen molar-refractivity contribution in [3.05, 3.63) is 93.5 Å². The molecule has 1 amide bonds. The zero-order valence-electron chi connectivity index (χ0n) is 20.4. The van der Waals surface area contributed by atoms with Crippen molar-refractivity contribution in [2.24, 2.45) is 0 Å². The number of nitrogens with one attached hydrogen (secondary N) is 3. The molecule has 0 aliphatic heterocycles. The Morgan fingerprint density at radius 2 is 1.61 bits per heavy atom. The number of aromatic amines is 2. The van der Waals surface area contributed by atoms with Crippen LogP contribution >= 0.6 is 24.4 Å². The first-order chi connectivity index (χ1) is 17.3. The van der Waals surface area contributed by atoms with Crippen LogP contribution in [0, 0.1) is 9.54 Å². The molecule has 0 spiro atoms. The summed E-state index contributed by atoms with van der Waals surface area (Å²) >= 11 is 10.6. The zero-order valence-corrected chi connectivity index (χ0v) is 22.0. The van der Waals surface area contributed by atoms with Crippen LogP contribution in [0.15, 0.2) is 72.8 Å². The largest absolute Gasteiger partial charge is 0.378 e. The summed E-state index contributed by atoms with van der Waals surface area (Å²) in [5.41, 5.74) is 5.62. The van der Waals surface area contributed by atoms with Gasteiger partial charge in [-0.05, 0) is 85.0 Å². The lowest BCUT2D eigenvalue weighted by molar-refractivity contribution is 0.102. The molecule has 1 aromatic heterocycles. The van der Waals surface area contributed by atoms with Gasteiger partial charge in [0.2, 0.25) is 0 Å². The molecule has 184 valence electrons. The van der Waals surface area contributed by atoms with Gasteiger partial charge in [-0.3, -0.25) is 19.6 Å². The molecule has 1 heterocycles. The van der Waals surface area contributed by atoms with E-state index in [0.29, 0.717) is 32.8 Å². The smallest absolute Gasteiger partial charge is 0.255 e. The fourth-order valence-corrected chi connectivity index (χ4v) is 5.07. The van der Waals surface area contributed by atoms with E-state index in [4.69, 9.17) is 24.4 Å². The summed E-state index contributed by atoms with van der Waals surface area (Å²) < 4.78 is 2.63. The van der Waals surface area contributed by atoms with E-state index in [1.165, 1.54) is 11.3 Å². The van der Waals surface area contributed by atoms with Gasteiger partial charge < -0.3 is 15.1 Å². The summed E-state index contributed by atoms with van der Waals surface area (Å²) in [6.45, 7) is 0. The van der Waals surface area contributed by atoms with E-state index in [-0.39, 0.29) is 5.91 Å². The lowest BCUT2D eigenvalue weighted by atomic mass is 10.1. The van der Waals surface area contributed by atoms with Crippen molar-refractivity contribution in [2.45, 2.75) is 18.4 Å². The Balaban J connectivity index is 1.28. The number of amides is 1. The third kappa shape index (κ3) is 4.84. The topological polar surface area (TPSA) is 72.1 Å². The highest BCUT2D eigenvalue weighted by molar-refractivity contribution is 7.72. The quantitative estimate of drug-likeness (QED) is 0.267. The van der Waals surface area contributed by atoms with Crippen LogP contribution in [0.3, 0.4) is 0 Å². The van der Waals surface area contributed by atoms with Crippen LogP contribution in [-0.2, 0) is 0 Å². The third-order valence-corrected chi connectivity index (χ3v) is 7.22. The normalized spacial score (nSPS) is 16.4. The Labute approximate surface area is 220 Å². The van der Waals surface area contributed by atoms with E-state index in [1.54, 1.807) is 4.57 Å². The van der Waals surface area contributed by atoms with Crippen LogP contribution in [-0.4, -0.2) is 47.9 Å². The van der Waals surface area contributed by atoms with Crippen molar-refractivity contribution in [1.29, 1.82) is 0 Å². The number of rotatable bonds is 7. The Bertz CT molecular complexity index is 1490.